The van der Waals surface area contributed by atoms with E-state index in [0.29, 0.717) is 13.2 Å². The van der Waals surface area contributed by atoms with Crippen molar-refractivity contribution in [2.24, 2.45) is 0 Å². The molecule has 1 amide bonds. The van der Waals surface area contributed by atoms with Gasteiger partial charge in [-0.1, -0.05) is 48.0 Å². The molecule has 0 aliphatic carbocycles. The second kappa shape index (κ2) is 10.0. The van der Waals surface area contributed by atoms with Gasteiger partial charge in [-0.15, -0.1) is 0 Å². The Bertz CT molecular complexity index is 838. The average Bonchev–Trinajstić information content (AvgIpc) is 2.69. The number of nitriles is 1. The summed E-state index contributed by atoms with van der Waals surface area (Å²) in [5, 5.41) is 15.2. The highest BCUT2D eigenvalue weighted by Crippen LogP contribution is 2.26. The van der Waals surface area contributed by atoms with Crippen molar-refractivity contribution in [3.63, 3.8) is 0 Å². The van der Waals surface area contributed by atoms with Crippen LogP contribution in [0.5, 0.6) is 5.75 Å². The predicted octanol–water partition coefficient (Wildman–Crippen LogP) is 3.77. The molecule has 140 valence electrons. The molecule has 0 spiro atoms. The molecule has 5 nitrogen and oxygen atoms in total. The first-order valence-electron chi connectivity index (χ1n) is 8.97. The van der Waals surface area contributed by atoms with Crippen LogP contribution < -0.4 is 15.4 Å². The quantitative estimate of drug-likeness (QED) is 0.553. The Labute approximate surface area is 160 Å². The molecule has 2 aromatic rings. The summed E-state index contributed by atoms with van der Waals surface area (Å²) in [6.45, 7) is 6.86. The summed E-state index contributed by atoms with van der Waals surface area (Å²) in [5.74, 6) is 0.388. The number of carbonyl (C=O) groups excluding carboxylic acids is 1. The summed E-state index contributed by atoms with van der Waals surface area (Å²) < 4.78 is 5.68. The van der Waals surface area contributed by atoms with Gasteiger partial charge in [0.1, 0.15) is 17.4 Å². The second-order valence-corrected chi connectivity index (χ2v) is 6.20. The molecule has 0 fully saturated rings. The van der Waals surface area contributed by atoms with Gasteiger partial charge in [0.25, 0.3) is 5.91 Å². The van der Waals surface area contributed by atoms with Crippen molar-refractivity contribution in [3.05, 3.63) is 77.0 Å². The highest BCUT2D eigenvalue weighted by Gasteiger charge is 2.13. The molecule has 2 rings (SSSR count). The van der Waals surface area contributed by atoms with E-state index in [2.05, 4.69) is 10.6 Å². The molecule has 0 saturated carbocycles. The maximum Gasteiger partial charge on any atom is 0.263 e. The molecule has 5 heteroatoms. The Balaban J connectivity index is 2.04. The SMILES string of the molecule is CCOc1ccc(C)cc1C(C)N/C=C(/C#N)C(=O)NCc1ccccc1. The van der Waals surface area contributed by atoms with Crippen molar-refractivity contribution in [2.75, 3.05) is 6.61 Å². The number of ether oxygens (including phenoxy) is 1. The van der Waals surface area contributed by atoms with Gasteiger partial charge in [-0.2, -0.15) is 5.26 Å². The Hall–Kier alpha value is -3.26. The molecular weight excluding hydrogens is 338 g/mol. The number of aryl methyl sites for hydroxylation is 1. The lowest BCUT2D eigenvalue weighted by atomic mass is 10.0. The molecule has 0 radical (unpaired) electrons. The minimum Gasteiger partial charge on any atom is -0.494 e. The number of rotatable bonds is 8. The van der Waals surface area contributed by atoms with Crippen LogP contribution in [0, 0.1) is 18.3 Å². The van der Waals surface area contributed by atoms with Gasteiger partial charge in [-0.3, -0.25) is 4.79 Å². The Morgan fingerprint density at radius 2 is 2.00 bits per heavy atom. The molecule has 0 aromatic heterocycles. The summed E-state index contributed by atoms with van der Waals surface area (Å²) in [4.78, 5) is 12.3. The lowest BCUT2D eigenvalue weighted by Crippen LogP contribution is -2.25. The Morgan fingerprint density at radius 1 is 1.26 bits per heavy atom. The summed E-state index contributed by atoms with van der Waals surface area (Å²) in [6, 6.07) is 17.4. The summed E-state index contributed by atoms with van der Waals surface area (Å²) in [7, 11) is 0. The smallest absolute Gasteiger partial charge is 0.263 e. The third-order valence-electron chi connectivity index (χ3n) is 4.07. The van der Waals surface area contributed by atoms with E-state index in [4.69, 9.17) is 4.74 Å². The molecule has 2 aromatic carbocycles. The molecule has 27 heavy (non-hydrogen) atoms. The van der Waals surface area contributed by atoms with Crippen LogP contribution in [-0.4, -0.2) is 12.5 Å². The Morgan fingerprint density at radius 3 is 2.67 bits per heavy atom. The first-order valence-corrected chi connectivity index (χ1v) is 8.97. The highest BCUT2D eigenvalue weighted by atomic mass is 16.5. The maximum absolute atomic E-state index is 12.3. The zero-order valence-electron chi connectivity index (χ0n) is 16.0. The van der Waals surface area contributed by atoms with Crippen LogP contribution in [0.25, 0.3) is 0 Å². The molecule has 1 atom stereocenters. The van der Waals surface area contributed by atoms with Gasteiger partial charge in [0.15, 0.2) is 0 Å². The molecular formula is C22H25N3O2. The molecule has 0 aliphatic rings. The topological polar surface area (TPSA) is 74.1 Å². The van der Waals surface area contributed by atoms with Crippen LogP contribution in [0.1, 0.15) is 36.6 Å². The summed E-state index contributed by atoms with van der Waals surface area (Å²) in [5.41, 5.74) is 3.11. The number of benzene rings is 2. The number of nitrogens with one attached hydrogen (secondary N) is 2. The van der Waals surface area contributed by atoms with Crippen molar-refractivity contribution in [1.29, 1.82) is 5.26 Å². The number of hydrogen-bond donors (Lipinski definition) is 2. The van der Waals surface area contributed by atoms with E-state index >= 15 is 0 Å². The lowest BCUT2D eigenvalue weighted by molar-refractivity contribution is -0.117. The van der Waals surface area contributed by atoms with Gasteiger partial charge in [0.2, 0.25) is 0 Å². The van der Waals surface area contributed by atoms with Gasteiger partial charge in [0, 0.05) is 18.3 Å². The normalized spacial score (nSPS) is 12.0. The van der Waals surface area contributed by atoms with E-state index in [1.165, 1.54) is 6.20 Å². The summed E-state index contributed by atoms with van der Waals surface area (Å²) >= 11 is 0. The summed E-state index contributed by atoms with van der Waals surface area (Å²) in [6.07, 6.45) is 1.46. The number of amides is 1. The minimum atomic E-state index is -0.407. The van der Waals surface area contributed by atoms with Gasteiger partial charge >= 0.3 is 0 Å². The number of nitrogens with zero attached hydrogens (tertiary/aromatic N) is 1. The number of hydrogen-bond acceptors (Lipinski definition) is 4. The Kier molecular flexibility index (Phi) is 7.45. The lowest BCUT2D eigenvalue weighted by Gasteiger charge is -2.18. The van der Waals surface area contributed by atoms with Crippen molar-refractivity contribution in [3.8, 4) is 11.8 Å². The predicted molar refractivity (Wildman–Crippen MR) is 106 cm³/mol. The van der Waals surface area contributed by atoms with E-state index in [1.807, 2.05) is 75.4 Å². The molecule has 2 N–H and O–H groups in total. The number of carbonyl (C=O) groups is 1. The fourth-order valence-electron chi connectivity index (χ4n) is 2.61. The molecule has 0 bridgehead atoms. The third-order valence-corrected chi connectivity index (χ3v) is 4.07. The van der Waals surface area contributed by atoms with E-state index in [0.717, 1.165) is 22.4 Å². The molecule has 1 unspecified atom stereocenters. The van der Waals surface area contributed by atoms with Gasteiger partial charge in [-0.05, 0) is 32.4 Å². The van der Waals surface area contributed by atoms with Crippen LogP contribution in [0.2, 0.25) is 0 Å². The van der Waals surface area contributed by atoms with E-state index < -0.39 is 5.91 Å². The zero-order chi connectivity index (χ0) is 19.6. The molecule has 0 saturated heterocycles. The standard InChI is InChI=1S/C22H25N3O2/c1-4-27-21-11-10-16(2)12-20(21)17(3)24-15-19(13-23)22(26)25-14-18-8-6-5-7-9-18/h5-12,15,17,24H,4,14H2,1-3H3,(H,25,26)/b19-15-. The average molecular weight is 363 g/mol. The van der Waals surface area contributed by atoms with Gasteiger partial charge in [-0.25, -0.2) is 0 Å². The first-order chi connectivity index (χ1) is 13.0. The second-order valence-electron chi connectivity index (χ2n) is 6.20. The molecule has 0 aliphatic heterocycles. The van der Waals surface area contributed by atoms with Crippen LogP contribution in [0.15, 0.2) is 60.3 Å². The molecule has 0 heterocycles. The van der Waals surface area contributed by atoms with Crippen molar-refractivity contribution in [2.45, 2.75) is 33.4 Å². The van der Waals surface area contributed by atoms with Gasteiger partial charge < -0.3 is 15.4 Å². The van der Waals surface area contributed by atoms with Gasteiger partial charge in [0.05, 0.1) is 12.6 Å². The van der Waals surface area contributed by atoms with Crippen LogP contribution in [-0.2, 0) is 11.3 Å². The van der Waals surface area contributed by atoms with Crippen molar-refractivity contribution >= 4 is 5.91 Å². The fourth-order valence-corrected chi connectivity index (χ4v) is 2.61. The monoisotopic (exact) mass is 363 g/mol. The van der Waals surface area contributed by atoms with Crippen molar-refractivity contribution < 1.29 is 9.53 Å². The van der Waals surface area contributed by atoms with E-state index in [1.54, 1.807) is 0 Å². The van der Waals surface area contributed by atoms with Crippen LogP contribution >= 0.6 is 0 Å². The maximum atomic E-state index is 12.3. The van der Waals surface area contributed by atoms with Crippen molar-refractivity contribution in [1.82, 2.24) is 10.6 Å². The van der Waals surface area contributed by atoms with E-state index in [-0.39, 0.29) is 11.6 Å². The first kappa shape index (κ1) is 20.1. The van der Waals surface area contributed by atoms with Crippen LogP contribution in [0.4, 0.5) is 0 Å². The largest absolute Gasteiger partial charge is 0.494 e. The van der Waals surface area contributed by atoms with E-state index in [9.17, 15) is 10.1 Å². The fraction of sp³-hybridized carbons (Fsp3) is 0.273. The zero-order valence-corrected chi connectivity index (χ0v) is 16.0. The third kappa shape index (κ3) is 5.89. The highest BCUT2D eigenvalue weighted by molar-refractivity contribution is 5.97. The van der Waals surface area contributed by atoms with Crippen LogP contribution in [0.3, 0.4) is 0 Å². The minimum absolute atomic E-state index is 0.0309.